The molecule has 1 fully saturated rings. The number of para-hydroxylation sites is 4. The van der Waals surface area contributed by atoms with Crippen LogP contribution in [-0.2, 0) is 13.2 Å². The molecule has 0 unspecified atom stereocenters. The number of benzene rings is 4. The van der Waals surface area contributed by atoms with E-state index in [0.717, 1.165) is 66.6 Å². The summed E-state index contributed by atoms with van der Waals surface area (Å²) in [5.74, 6) is 3.79. The fourth-order valence-corrected chi connectivity index (χ4v) is 5.15. The zero-order chi connectivity index (χ0) is 26.4. The van der Waals surface area contributed by atoms with Crippen LogP contribution in [0, 0.1) is 5.92 Å². The average Bonchev–Trinajstić information content (AvgIpc) is 3.34. The van der Waals surface area contributed by atoms with Gasteiger partial charge in [-0.1, -0.05) is 48.5 Å². The molecule has 2 heterocycles. The maximum absolute atomic E-state index is 13.2. The summed E-state index contributed by atoms with van der Waals surface area (Å²) in [6, 6.07) is 35.2. The first-order valence-electron chi connectivity index (χ1n) is 13.5. The van der Waals surface area contributed by atoms with Gasteiger partial charge in [0, 0.05) is 25.2 Å². The van der Waals surface area contributed by atoms with E-state index in [9.17, 15) is 4.79 Å². The minimum atomic E-state index is 0.0738. The van der Waals surface area contributed by atoms with Crippen LogP contribution in [0.15, 0.2) is 109 Å². The molecule has 0 spiro atoms. The Morgan fingerprint density at radius 2 is 1.36 bits per heavy atom. The van der Waals surface area contributed by atoms with E-state index in [-0.39, 0.29) is 5.91 Å². The molecule has 4 aromatic carbocycles. The molecule has 1 aliphatic rings. The molecular weight excluding hydrogens is 486 g/mol. The van der Waals surface area contributed by atoms with Gasteiger partial charge in [-0.05, 0) is 79.4 Å². The number of hydrogen-bond acceptors (Lipinski definition) is 4. The van der Waals surface area contributed by atoms with E-state index in [1.54, 1.807) is 0 Å². The highest BCUT2D eigenvalue weighted by Crippen LogP contribution is 2.26. The van der Waals surface area contributed by atoms with Gasteiger partial charge in [-0.25, -0.2) is 4.98 Å². The first-order valence-corrected chi connectivity index (χ1v) is 13.5. The Morgan fingerprint density at radius 1 is 0.744 bits per heavy atom. The molecule has 1 aromatic heterocycles. The maximum atomic E-state index is 13.2. The highest BCUT2D eigenvalue weighted by Gasteiger charge is 2.25. The van der Waals surface area contributed by atoms with Gasteiger partial charge < -0.3 is 18.9 Å². The Labute approximate surface area is 228 Å². The molecule has 1 amide bonds. The number of hydrogen-bond donors (Lipinski definition) is 0. The second-order valence-electron chi connectivity index (χ2n) is 9.90. The lowest BCUT2D eigenvalue weighted by molar-refractivity contribution is 0.0682. The van der Waals surface area contributed by atoms with Crippen molar-refractivity contribution in [1.29, 1.82) is 0 Å². The van der Waals surface area contributed by atoms with Gasteiger partial charge in [0.25, 0.3) is 5.91 Å². The summed E-state index contributed by atoms with van der Waals surface area (Å²) < 4.78 is 14.2. The van der Waals surface area contributed by atoms with E-state index in [2.05, 4.69) is 22.8 Å². The van der Waals surface area contributed by atoms with Gasteiger partial charge in [0.15, 0.2) is 0 Å². The lowest BCUT2D eigenvalue weighted by atomic mass is 9.96. The minimum Gasteiger partial charge on any atom is -0.486 e. The van der Waals surface area contributed by atoms with E-state index >= 15 is 0 Å². The van der Waals surface area contributed by atoms with Crippen molar-refractivity contribution in [2.45, 2.75) is 26.0 Å². The number of amides is 1. The third-order valence-corrected chi connectivity index (χ3v) is 7.27. The number of ether oxygens (including phenoxy) is 2. The van der Waals surface area contributed by atoms with Crippen molar-refractivity contribution in [3.63, 3.8) is 0 Å². The second-order valence-corrected chi connectivity index (χ2v) is 9.90. The van der Waals surface area contributed by atoms with Gasteiger partial charge in [-0.3, -0.25) is 4.79 Å². The van der Waals surface area contributed by atoms with Crippen molar-refractivity contribution in [2.24, 2.45) is 5.92 Å². The molecular formula is C33H31N3O3. The zero-order valence-corrected chi connectivity index (χ0v) is 21.8. The third kappa shape index (κ3) is 5.80. The van der Waals surface area contributed by atoms with Crippen LogP contribution in [-0.4, -0.2) is 33.4 Å². The summed E-state index contributed by atoms with van der Waals surface area (Å²) >= 11 is 0. The number of nitrogens with zero attached hydrogens (tertiary/aromatic N) is 3. The number of fused-ring (bicyclic) bond motifs is 1. The fourth-order valence-electron chi connectivity index (χ4n) is 5.15. The largest absolute Gasteiger partial charge is 0.486 e. The van der Waals surface area contributed by atoms with E-state index in [4.69, 9.17) is 14.5 Å². The topological polar surface area (TPSA) is 56.6 Å². The van der Waals surface area contributed by atoms with Crippen LogP contribution in [0.4, 0.5) is 0 Å². The van der Waals surface area contributed by atoms with Crippen molar-refractivity contribution in [3.05, 3.63) is 121 Å². The average molecular weight is 518 g/mol. The van der Waals surface area contributed by atoms with Crippen LogP contribution in [0.25, 0.3) is 11.0 Å². The lowest BCUT2D eigenvalue weighted by Gasteiger charge is -2.32. The molecule has 5 aromatic rings. The van der Waals surface area contributed by atoms with E-state index in [1.165, 1.54) is 0 Å². The number of carbonyl (C=O) groups is 1. The fraction of sp³-hybridized carbons (Fsp3) is 0.212. The van der Waals surface area contributed by atoms with Crippen LogP contribution in [0.5, 0.6) is 17.2 Å². The molecule has 0 bridgehead atoms. The SMILES string of the molecule is O=C(c1ccc(Oc2ccccc2)cc1)N1CCC(Cn2c(COc3ccccc3)nc3ccccc32)CC1. The zero-order valence-electron chi connectivity index (χ0n) is 21.8. The molecule has 0 radical (unpaired) electrons. The Balaban J connectivity index is 1.08. The monoisotopic (exact) mass is 517 g/mol. The Bertz CT molecular complexity index is 1520. The van der Waals surface area contributed by atoms with Gasteiger partial charge in [0.05, 0.1) is 11.0 Å². The third-order valence-electron chi connectivity index (χ3n) is 7.27. The summed E-state index contributed by atoms with van der Waals surface area (Å²) in [6.45, 7) is 2.77. The number of imidazole rings is 1. The van der Waals surface area contributed by atoms with Crippen molar-refractivity contribution in [2.75, 3.05) is 13.1 Å². The van der Waals surface area contributed by atoms with Gasteiger partial charge in [0.2, 0.25) is 0 Å². The predicted octanol–water partition coefficient (Wildman–Crippen LogP) is 6.96. The van der Waals surface area contributed by atoms with Crippen LogP contribution in [0.2, 0.25) is 0 Å². The molecule has 6 nitrogen and oxygen atoms in total. The molecule has 0 saturated carbocycles. The molecule has 196 valence electrons. The number of aromatic nitrogens is 2. The standard InChI is InChI=1S/C33H31N3O3/c37-33(26-15-17-29(18-16-26)39-28-11-5-2-6-12-28)35-21-19-25(20-22-35)23-36-31-14-8-7-13-30(31)34-32(36)24-38-27-9-3-1-4-10-27/h1-18,25H,19-24H2. The van der Waals surface area contributed by atoms with Gasteiger partial charge in [-0.2, -0.15) is 0 Å². The second kappa shape index (κ2) is 11.4. The molecule has 1 aliphatic heterocycles. The highest BCUT2D eigenvalue weighted by atomic mass is 16.5. The normalized spacial score (nSPS) is 13.9. The summed E-state index contributed by atoms with van der Waals surface area (Å²) in [5.41, 5.74) is 2.80. The molecule has 6 heteroatoms. The van der Waals surface area contributed by atoms with Crippen LogP contribution in [0.1, 0.15) is 29.0 Å². The molecule has 39 heavy (non-hydrogen) atoms. The summed E-state index contributed by atoms with van der Waals surface area (Å²) in [4.78, 5) is 20.0. The Kier molecular flexibility index (Phi) is 7.25. The molecule has 0 N–H and O–H groups in total. The maximum Gasteiger partial charge on any atom is 0.253 e. The molecule has 1 saturated heterocycles. The molecule has 0 aliphatic carbocycles. The van der Waals surface area contributed by atoms with Gasteiger partial charge in [0.1, 0.15) is 29.7 Å². The number of rotatable bonds is 8. The minimum absolute atomic E-state index is 0.0738. The van der Waals surface area contributed by atoms with E-state index in [1.807, 2.05) is 95.9 Å². The quantitative estimate of drug-likeness (QED) is 0.223. The van der Waals surface area contributed by atoms with E-state index < -0.39 is 0 Å². The highest BCUT2D eigenvalue weighted by molar-refractivity contribution is 5.94. The molecule has 6 rings (SSSR count). The van der Waals surface area contributed by atoms with E-state index in [0.29, 0.717) is 18.1 Å². The first-order chi connectivity index (χ1) is 19.2. The van der Waals surface area contributed by atoms with Crippen molar-refractivity contribution in [1.82, 2.24) is 14.5 Å². The summed E-state index contributed by atoms with van der Waals surface area (Å²) in [6.07, 6.45) is 1.90. The van der Waals surface area contributed by atoms with Crippen molar-refractivity contribution >= 4 is 16.9 Å². The smallest absolute Gasteiger partial charge is 0.253 e. The van der Waals surface area contributed by atoms with Crippen LogP contribution >= 0.6 is 0 Å². The Hall–Kier alpha value is -4.58. The van der Waals surface area contributed by atoms with Crippen LogP contribution in [0.3, 0.4) is 0 Å². The number of piperidine rings is 1. The number of carbonyl (C=O) groups excluding carboxylic acids is 1. The first kappa shape index (κ1) is 24.7. The number of likely N-dealkylation sites (tertiary alicyclic amines) is 1. The van der Waals surface area contributed by atoms with Crippen molar-refractivity contribution in [3.8, 4) is 17.2 Å². The van der Waals surface area contributed by atoms with Gasteiger partial charge in [-0.15, -0.1) is 0 Å². The summed E-state index contributed by atoms with van der Waals surface area (Å²) in [7, 11) is 0. The van der Waals surface area contributed by atoms with Gasteiger partial charge >= 0.3 is 0 Å². The Morgan fingerprint density at radius 3 is 2.08 bits per heavy atom. The van der Waals surface area contributed by atoms with Crippen LogP contribution < -0.4 is 9.47 Å². The summed E-state index contributed by atoms with van der Waals surface area (Å²) in [5, 5.41) is 0. The molecule has 0 atom stereocenters. The predicted molar refractivity (Wildman–Crippen MR) is 152 cm³/mol. The van der Waals surface area contributed by atoms with Crippen molar-refractivity contribution < 1.29 is 14.3 Å². The lowest BCUT2D eigenvalue weighted by Crippen LogP contribution is -2.39.